The molecule has 0 bridgehead atoms. The Morgan fingerprint density at radius 3 is 2.43 bits per heavy atom. The Balaban J connectivity index is 1.55. The highest BCUT2D eigenvalue weighted by molar-refractivity contribution is 5.99. The van der Waals surface area contributed by atoms with E-state index in [0.29, 0.717) is 12.3 Å². The summed E-state index contributed by atoms with van der Waals surface area (Å²) in [5, 5.41) is 4.25. The van der Waals surface area contributed by atoms with Gasteiger partial charge >= 0.3 is 0 Å². The summed E-state index contributed by atoms with van der Waals surface area (Å²) in [6.07, 6.45) is 1.77. The molecular weight excluding hydrogens is 348 g/mol. The van der Waals surface area contributed by atoms with E-state index < -0.39 is 0 Å². The first-order valence-electron chi connectivity index (χ1n) is 9.93. The molecule has 0 saturated carbocycles. The Hall–Kier alpha value is -2.50. The van der Waals surface area contributed by atoms with Crippen molar-refractivity contribution in [2.45, 2.75) is 52.6 Å². The monoisotopic (exact) mass is 378 g/mol. The lowest BCUT2D eigenvalue weighted by atomic mass is 9.97. The van der Waals surface area contributed by atoms with Gasteiger partial charge in [-0.1, -0.05) is 67.9 Å². The molecule has 1 aliphatic heterocycles. The molecule has 1 amide bonds. The Labute approximate surface area is 167 Å². The standard InChI is InChI=1S/C23H30N4O/c1-15(2)13-18-7-11-20(12-8-18)21-14-22(26-25-21)23(28)27-24-17(4)19-9-5-16(3)6-10-19/h5-12,15,21-22,25-26H,13-14H2,1-4H3,(H,27,28)/b24-17+. The van der Waals surface area contributed by atoms with Crippen LogP contribution < -0.4 is 16.3 Å². The summed E-state index contributed by atoms with van der Waals surface area (Å²) in [7, 11) is 0. The molecule has 5 nitrogen and oxygen atoms in total. The van der Waals surface area contributed by atoms with Crippen LogP contribution in [-0.2, 0) is 11.2 Å². The molecule has 2 atom stereocenters. The summed E-state index contributed by atoms with van der Waals surface area (Å²) in [6.45, 7) is 8.39. The molecule has 0 spiro atoms. The minimum Gasteiger partial charge on any atom is -0.271 e. The van der Waals surface area contributed by atoms with E-state index in [1.54, 1.807) is 0 Å². The summed E-state index contributed by atoms with van der Waals surface area (Å²) in [5.41, 5.74) is 14.5. The predicted octanol–water partition coefficient (Wildman–Crippen LogP) is 3.64. The van der Waals surface area contributed by atoms with Crippen molar-refractivity contribution in [3.05, 3.63) is 70.8 Å². The first-order chi connectivity index (χ1) is 13.4. The SMILES string of the molecule is C/C(=N\NC(=O)C1CC(c2ccc(CC(C)C)cc2)NN1)c1ccc(C)cc1. The predicted molar refractivity (Wildman–Crippen MR) is 114 cm³/mol. The van der Waals surface area contributed by atoms with Crippen LogP contribution in [0.5, 0.6) is 0 Å². The topological polar surface area (TPSA) is 65.5 Å². The number of hydrogen-bond donors (Lipinski definition) is 3. The average Bonchev–Trinajstić information content (AvgIpc) is 3.17. The maximum Gasteiger partial charge on any atom is 0.258 e. The second-order valence-corrected chi connectivity index (χ2v) is 8.01. The van der Waals surface area contributed by atoms with Gasteiger partial charge in [0, 0.05) is 6.04 Å². The van der Waals surface area contributed by atoms with Crippen LogP contribution in [0.4, 0.5) is 0 Å². The van der Waals surface area contributed by atoms with Crippen molar-refractivity contribution in [1.82, 2.24) is 16.3 Å². The van der Waals surface area contributed by atoms with Crippen LogP contribution in [0.15, 0.2) is 53.6 Å². The molecule has 5 heteroatoms. The van der Waals surface area contributed by atoms with E-state index in [1.807, 2.05) is 38.1 Å². The third-order valence-electron chi connectivity index (χ3n) is 5.05. The molecule has 28 heavy (non-hydrogen) atoms. The van der Waals surface area contributed by atoms with Gasteiger partial charge in [-0.2, -0.15) is 5.10 Å². The molecule has 1 aliphatic rings. The molecule has 3 N–H and O–H groups in total. The van der Waals surface area contributed by atoms with Crippen molar-refractivity contribution in [3.63, 3.8) is 0 Å². The number of hydrogen-bond acceptors (Lipinski definition) is 4. The molecule has 148 valence electrons. The number of aryl methyl sites for hydroxylation is 1. The lowest BCUT2D eigenvalue weighted by molar-refractivity contribution is -0.122. The number of nitrogens with one attached hydrogen (secondary N) is 3. The van der Waals surface area contributed by atoms with Gasteiger partial charge in [0.1, 0.15) is 6.04 Å². The fourth-order valence-electron chi connectivity index (χ4n) is 3.38. The molecule has 0 radical (unpaired) electrons. The number of rotatable bonds is 6. The average molecular weight is 379 g/mol. The summed E-state index contributed by atoms with van der Waals surface area (Å²) >= 11 is 0. The summed E-state index contributed by atoms with van der Waals surface area (Å²) in [5.74, 6) is 0.520. The van der Waals surface area contributed by atoms with E-state index in [0.717, 1.165) is 17.7 Å². The normalized spacial score (nSPS) is 19.8. The first kappa shape index (κ1) is 20.2. The molecule has 2 aromatic carbocycles. The number of hydrazine groups is 1. The summed E-state index contributed by atoms with van der Waals surface area (Å²) in [6, 6.07) is 16.6. The van der Waals surface area contributed by atoms with E-state index in [-0.39, 0.29) is 18.0 Å². The smallest absolute Gasteiger partial charge is 0.258 e. The Morgan fingerprint density at radius 2 is 1.79 bits per heavy atom. The summed E-state index contributed by atoms with van der Waals surface area (Å²) in [4.78, 5) is 12.5. The van der Waals surface area contributed by atoms with E-state index in [1.165, 1.54) is 16.7 Å². The molecule has 1 fully saturated rings. The van der Waals surface area contributed by atoms with Crippen molar-refractivity contribution >= 4 is 11.6 Å². The number of carbonyl (C=O) groups excluding carboxylic acids is 1. The summed E-state index contributed by atoms with van der Waals surface area (Å²) < 4.78 is 0. The molecule has 2 aromatic rings. The zero-order valence-corrected chi connectivity index (χ0v) is 17.1. The maximum atomic E-state index is 12.5. The molecule has 0 aliphatic carbocycles. The molecular formula is C23H30N4O. The molecule has 1 heterocycles. The number of carbonyl (C=O) groups is 1. The van der Waals surface area contributed by atoms with Gasteiger partial charge in [0.15, 0.2) is 0 Å². The highest BCUT2D eigenvalue weighted by Gasteiger charge is 2.30. The molecule has 1 saturated heterocycles. The Kier molecular flexibility index (Phi) is 6.60. The highest BCUT2D eigenvalue weighted by atomic mass is 16.2. The van der Waals surface area contributed by atoms with Gasteiger partial charge in [0.25, 0.3) is 5.91 Å². The zero-order chi connectivity index (χ0) is 20.1. The third kappa shape index (κ3) is 5.27. The van der Waals surface area contributed by atoms with Crippen molar-refractivity contribution in [2.24, 2.45) is 11.0 Å². The van der Waals surface area contributed by atoms with Crippen LogP contribution in [0.25, 0.3) is 0 Å². The maximum absolute atomic E-state index is 12.5. The molecule has 0 aromatic heterocycles. The molecule has 2 unspecified atom stereocenters. The van der Waals surface area contributed by atoms with Crippen LogP contribution in [0.1, 0.15) is 55.5 Å². The highest BCUT2D eigenvalue weighted by Crippen LogP contribution is 2.23. The van der Waals surface area contributed by atoms with Gasteiger partial charge in [0.2, 0.25) is 0 Å². The fourth-order valence-corrected chi connectivity index (χ4v) is 3.38. The number of benzene rings is 2. The van der Waals surface area contributed by atoms with Crippen molar-refractivity contribution < 1.29 is 4.79 Å². The second-order valence-electron chi connectivity index (χ2n) is 8.01. The van der Waals surface area contributed by atoms with Crippen molar-refractivity contribution in [2.75, 3.05) is 0 Å². The van der Waals surface area contributed by atoms with Gasteiger partial charge in [0.05, 0.1) is 5.71 Å². The zero-order valence-electron chi connectivity index (χ0n) is 17.1. The lowest BCUT2D eigenvalue weighted by Crippen LogP contribution is -2.41. The number of hydrazone groups is 1. The van der Waals surface area contributed by atoms with Crippen LogP contribution in [0.3, 0.4) is 0 Å². The van der Waals surface area contributed by atoms with E-state index in [4.69, 9.17) is 0 Å². The van der Waals surface area contributed by atoms with Crippen LogP contribution in [-0.4, -0.2) is 17.7 Å². The fraction of sp³-hybridized carbons (Fsp3) is 0.391. The first-order valence-corrected chi connectivity index (χ1v) is 9.93. The van der Waals surface area contributed by atoms with Crippen LogP contribution in [0, 0.1) is 12.8 Å². The van der Waals surface area contributed by atoms with Gasteiger partial charge in [-0.05, 0) is 49.3 Å². The minimum absolute atomic E-state index is 0.117. The largest absolute Gasteiger partial charge is 0.271 e. The quantitative estimate of drug-likeness (QED) is 0.531. The lowest BCUT2D eigenvalue weighted by Gasteiger charge is -2.11. The van der Waals surface area contributed by atoms with E-state index in [2.05, 4.69) is 59.5 Å². The van der Waals surface area contributed by atoms with Gasteiger partial charge < -0.3 is 0 Å². The van der Waals surface area contributed by atoms with Gasteiger partial charge in [-0.3, -0.25) is 4.79 Å². The second kappa shape index (κ2) is 9.13. The van der Waals surface area contributed by atoms with E-state index in [9.17, 15) is 4.79 Å². The number of nitrogens with zero attached hydrogens (tertiary/aromatic N) is 1. The Bertz CT molecular complexity index is 825. The van der Waals surface area contributed by atoms with Crippen molar-refractivity contribution in [3.8, 4) is 0 Å². The number of amides is 1. The minimum atomic E-state index is -0.310. The van der Waals surface area contributed by atoms with Gasteiger partial charge in [-0.25, -0.2) is 16.3 Å². The third-order valence-corrected chi connectivity index (χ3v) is 5.05. The van der Waals surface area contributed by atoms with Crippen molar-refractivity contribution in [1.29, 1.82) is 0 Å². The van der Waals surface area contributed by atoms with Crippen LogP contribution in [0.2, 0.25) is 0 Å². The van der Waals surface area contributed by atoms with E-state index >= 15 is 0 Å². The van der Waals surface area contributed by atoms with Gasteiger partial charge in [-0.15, -0.1) is 0 Å². The van der Waals surface area contributed by atoms with Crippen LogP contribution >= 0.6 is 0 Å². The Morgan fingerprint density at radius 1 is 1.11 bits per heavy atom. The molecule has 3 rings (SSSR count).